The number of nitrogens with one attached hydrogen (secondary N) is 1. The number of nitrogens with zero attached hydrogens (tertiary/aromatic N) is 2. The maximum absolute atomic E-state index is 11.3. The van der Waals surface area contributed by atoms with E-state index in [9.17, 15) is 14.9 Å². The second-order valence-electron chi connectivity index (χ2n) is 3.62. The van der Waals surface area contributed by atoms with Crippen LogP contribution in [-0.2, 0) is 4.74 Å². The zero-order chi connectivity index (χ0) is 13.5. The smallest absolute Gasteiger partial charge is 0.339 e. The fourth-order valence-corrected chi connectivity index (χ4v) is 1.34. The average Bonchev–Trinajstić information content (AvgIpc) is 2.38. The normalized spacial score (nSPS) is 9.89. The Hall–Kier alpha value is -2.18. The van der Waals surface area contributed by atoms with Crippen molar-refractivity contribution in [1.82, 2.24) is 4.98 Å². The Morgan fingerprint density at radius 2 is 2.33 bits per heavy atom. The number of unbranched alkanes of at least 4 members (excludes halogenated alkanes) is 1. The molecule has 1 aromatic heterocycles. The first-order valence-corrected chi connectivity index (χ1v) is 5.56. The molecule has 0 spiro atoms. The molecule has 0 aliphatic heterocycles. The molecular weight excluding hydrogens is 238 g/mol. The predicted molar refractivity (Wildman–Crippen MR) is 65.6 cm³/mol. The van der Waals surface area contributed by atoms with E-state index < -0.39 is 10.9 Å². The fourth-order valence-electron chi connectivity index (χ4n) is 1.34. The molecule has 0 bridgehead atoms. The maximum atomic E-state index is 11.3. The van der Waals surface area contributed by atoms with Gasteiger partial charge in [-0.25, -0.2) is 9.78 Å². The van der Waals surface area contributed by atoms with Crippen LogP contribution in [0.3, 0.4) is 0 Å². The second-order valence-corrected chi connectivity index (χ2v) is 3.62. The lowest BCUT2D eigenvalue weighted by Gasteiger charge is -2.06. The number of carbonyl (C=O) groups is 1. The molecule has 98 valence electrons. The van der Waals surface area contributed by atoms with Gasteiger partial charge in [0.15, 0.2) is 0 Å². The molecule has 18 heavy (non-hydrogen) atoms. The van der Waals surface area contributed by atoms with Crippen molar-refractivity contribution in [2.24, 2.45) is 0 Å². The minimum Gasteiger partial charge on any atom is -0.465 e. The SMILES string of the molecule is CCCCNc1ncc(C(=O)OC)cc1[N+](=O)[O-]. The number of hydrogen-bond acceptors (Lipinski definition) is 6. The number of rotatable bonds is 6. The molecule has 1 heterocycles. The molecule has 0 aromatic carbocycles. The first kappa shape index (κ1) is 13.9. The minimum absolute atomic E-state index is 0.0604. The van der Waals surface area contributed by atoms with Crippen molar-refractivity contribution < 1.29 is 14.5 Å². The number of esters is 1. The van der Waals surface area contributed by atoms with Crippen LogP contribution < -0.4 is 5.32 Å². The van der Waals surface area contributed by atoms with E-state index in [4.69, 9.17) is 0 Å². The molecule has 0 unspecified atom stereocenters. The van der Waals surface area contributed by atoms with Crippen molar-refractivity contribution in [3.8, 4) is 0 Å². The zero-order valence-electron chi connectivity index (χ0n) is 10.3. The monoisotopic (exact) mass is 253 g/mol. The van der Waals surface area contributed by atoms with Crippen molar-refractivity contribution in [3.05, 3.63) is 27.9 Å². The van der Waals surface area contributed by atoms with Crippen molar-refractivity contribution in [3.63, 3.8) is 0 Å². The van der Waals surface area contributed by atoms with Crippen LogP contribution in [0.25, 0.3) is 0 Å². The Morgan fingerprint density at radius 1 is 1.61 bits per heavy atom. The summed E-state index contributed by atoms with van der Waals surface area (Å²) >= 11 is 0. The molecule has 0 aliphatic carbocycles. The van der Waals surface area contributed by atoms with Crippen molar-refractivity contribution in [2.45, 2.75) is 19.8 Å². The summed E-state index contributed by atoms with van der Waals surface area (Å²) in [5.41, 5.74) is -0.167. The number of nitro groups is 1. The number of ether oxygens (including phenoxy) is 1. The summed E-state index contributed by atoms with van der Waals surface area (Å²) in [6.45, 7) is 2.62. The van der Waals surface area contributed by atoms with Gasteiger partial charge in [0.2, 0.25) is 5.82 Å². The van der Waals surface area contributed by atoms with Crippen LogP contribution in [0.5, 0.6) is 0 Å². The summed E-state index contributed by atoms with van der Waals surface area (Å²) < 4.78 is 4.49. The summed E-state index contributed by atoms with van der Waals surface area (Å²) in [5, 5.41) is 13.8. The van der Waals surface area contributed by atoms with Crippen molar-refractivity contribution in [1.29, 1.82) is 0 Å². The Kier molecular flexibility index (Phi) is 5.04. The van der Waals surface area contributed by atoms with Gasteiger partial charge in [-0.05, 0) is 6.42 Å². The van der Waals surface area contributed by atoms with E-state index in [0.717, 1.165) is 18.9 Å². The third-order valence-electron chi connectivity index (χ3n) is 2.31. The van der Waals surface area contributed by atoms with Gasteiger partial charge in [-0.2, -0.15) is 0 Å². The maximum Gasteiger partial charge on any atom is 0.339 e. The lowest BCUT2D eigenvalue weighted by Crippen LogP contribution is -2.09. The predicted octanol–water partition coefficient (Wildman–Crippen LogP) is 1.99. The van der Waals surface area contributed by atoms with E-state index in [1.54, 1.807) is 0 Å². The van der Waals surface area contributed by atoms with Crippen LogP contribution in [0, 0.1) is 10.1 Å². The van der Waals surface area contributed by atoms with Gasteiger partial charge in [0, 0.05) is 18.8 Å². The lowest BCUT2D eigenvalue weighted by atomic mass is 10.2. The third kappa shape index (κ3) is 3.41. The Morgan fingerprint density at radius 3 is 2.89 bits per heavy atom. The standard InChI is InChI=1S/C11H15N3O4/c1-3-4-5-12-10-9(14(16)17)6-8(7-13-10)11(15)18-2/h6-7H,3-5H2,1-2H3,(H,12,13). The van der Waals surface area contributed by atoms with Gasteiger partial charge in [0.25, 0.3) is 0 Å². The highest BCUT2D eigenvalue weighted by Crippen LogP contribution is 2.23. The summed E-state index contributed by atoms with van der Waals surface area (Å²) in [4.78, 5) is 25.5. The van der Waals surface area contributed by atoms with Gasteiger partial charge in [-0.15, -0.1) is 0 Å². The van der Waals surface area contributed by atoms with Gasteiger partial charge in [-0.3, -0.25) is 10.1 Å². The molecule has 0 saturated carbocycles. The molecule has 1 aromatic rings. The molecule has 0 saturated heterocycles. The van der Waals surface area contributed by atoms with E-state index in [1.807, 2.05) is 6.92 Å². The minimum atomic E-state index is -0.647. The van der Waals surface area contributed by atoms with Crippen LogP contribution in [-0.4, -0.2) is 29.5 Å². The second kappa shape index (κ2) is 6.53. The van der Waals surface area contributed by atoms with E-state index in [2.05, 4.69) is 15.0 Å². The average molecular weight is 253 g/mol. The first-order valence-electron chi connectivity index (χ1n) is 5.56. The van der Waals surface area contributed by atoms with Crippen LogP contribution in [0.4, 0.5) is 11.5 Å². The molecule has 0 amide bonds. The largest absolute Gasteiger partial charge is 0.465 e. The van der Waals surface area contributed by atoms with Gasteiger partial charge in [0.05, 0.1) is 17.6 Å². The van der Waals surface area contributed by atoms with Crippen molar-refractivity contribution >= 4 is 17.5 Å². The van der Waals surface area contributed by atoms with E-state index in [0.29, 0.717) is 6.54 Å². The molecule has 0 aliphatic rings. The first-order chi connectivity index (χ1) is 8.60. The molecule has 0 atom stereocenters. The lowest BCUT2D eigenvalue weighted by molar-refractivity contribution is -0.384. The quantitative estimate of drug-likeness (QED) is 0.360. The molecule has 7 nitrogen and oxygen atoms in total. The van der Waals surface area contributed by atoms with Gasteiger partial charge in [-0.1, -0.05) is 13.3 Å². The van der Waals surface area contributed by atoms with Crippen LogP contribution in [0.15, 0.2) is 12.3 Å². The molecule has 1 N–H and O–H groups in total. The van der Waals surface area contributed by atoms with Gasteiger partial charge >= 0.3 is 11.7 Å². The number of anilines is 1. The Bertz CT molecular complexity index is 448. The van der Waals surface area contributed by atoms with E-state index in [-0.39, 0.29) is 17.1 Å². The fraction of sp³-hybridized carbons (Fsp3) is 0.455. The van der Waals surface area contributed by atoms with Crippen molar-refractivity contribution in [2.75, 3.05) is 19.0 Å². The highest BCUT2D eigenvalue weighted by Gasteiger charge is 2.19. The summed E-state index contributed by atoms with van der Waals surface area (Å²) in [5.74, 6) is -0.480. The molecule has 7 heteroatoms. The van der Waals surface area contributed by atoms with E-state index in [1.165, 1.54) is 13.3 Å². The number of carbonyl (C=O) groups excluding carboxylic acids is 1. The van der Waals surface area contributed by atoms with Crippen LogP contribution >= 0.6 is 0 Å². The zero-order valence-corrected chi connectivity index (χ0v) is 10.3. The molecular formula is C11H15N3O4. The summed E-state index contributed by atoms with van der Waals surface area (Å²) in [6, 6.07) is 1.16. The van der Waals surface area contributed by atoms with E-state index >= 15 is 0 Å². The van der Waals surface area contributed by atoms with Crippen LogP contribution in [0.1, 0.15) is 30.1 Å². The molecule has 0 radical (unpaired) electrons. The Labute approximate surface area is 104 Å². The summed E-state index contributed by atoms with van der Waals surface area (Å²) in [6.07, 6.45) is 3.12. The Balaban J connectivity index is 2.97. The topological polar surface area (TPSA) is 94.4 Å². The number of hydrogen-bond donors (Lipinski definition) is 1. The van der Waals surface area contributed by atoms with Gasteiger partial charge < -0.3 is 10.1 Å². The molecule has 0 fully saturated rings. The number of pyridine rings is 1. The van der Waals surface area contributed by atoms with Crippen LogP contribution in [0.2, 0.25) is 0 Å². The highest BCUT2D eigenvalue weighted by atomic mass is 16.6. The molecule has 1 rings (SSSR count). The third-order valence-corrected chi connectivity index (χ3v) is 2.31. The summed E-state index contributed by atoms with van der Waals surface area (Å²) in [7, 11) is 1.21. The number of aromatic nitrogens is 1. The number of methoxy groups -OCH3 is 1. The van der Waals surface area contributed by atoms with Gasteiger partial charge in [0.1, 0.15) is 0 Å². The highest BCUT2D eigenvalue weighted by molar-refractivity contribution is 5.90.